The number of rotatable bonds is 2. The lowest BCUT2D eigenvalue weighted by atomic mass is 10.0. The predicted molar refractivity (Wildman–Crippen MR) is 83.9 cm³/mol. The molecular weight excluding hydrogens is 270 g/mol. The van der Waals surface area contributed by atoms with Gasteiger partial charge in [0.2, 0.25) is 0 Å². The zero-order valence-electron chi connectivity index (χ0n) is 11.2. The molecule has 1 unspecified atom stereocenters. The van der Waals surface area contributed by atoms with Crippen LogP contribution in [-0.4, -0.2) is 41.3 Å². The Kier molecular flexibility index (Phi) is 3.96. The van der Waals surface area contributed by atoms with Crippen molar-refractivity contribution in [2.45, 2.75) is 6.10 Å². The van der Waals surface area contributed by atoms with Crippen LogP contribution in [0.4, 0.5) is 0 Å². The van der Waals surface area contributed by atoms with E-state index in [1.807, 2.05) is 41.3 Å². The minimum atomic E-state index is -0.729. The van der Waals surface area contributed by atoms with Crippen LogP contribution in [0.3, 0.4) is 0 Å². The Labute approximate surface area is 123 Å². The largest absolute Gasteiger partial charge is 0.381 e. The van der Waals surface area contributed by atoms with Crippen molar-refractivity contribution in [1.29, 1.82) is 0 Å². The van der Waals surface area contributed by atoms with E-state index in [0.29, 0.717) is 18.2 Å². The van der Waals surface area contributed by atoms with Gasteiger partial charge in [-0.2, -0.15) is 0 Å². The molecular formula is C16H17NO2S. The molecule has 104 valence electrons. The van der Waals surface area contributed by atoms with Crippen molar-refractivity contribution in [2.24, 2.45) is 0 Å². The maximum Gasteiger partial charge on any atom is 0.129 e. The molecule has 1 atom stereocenters. The Balaban J connectivity index is 1.83. The van der Waals surface area contributed by atoms with Crippen LogP contribution in [0.25, 0.3) is 10.8 Å². The maximum atomic E-state index is 10.5. The summed E-state index contributed by atoms with van der Waals surface area (Å²) in [6.07, 6.45) is -0.729. The van der Waals surface area contributed by atoms with Crippen molar-refractivity contribution in [3.8, 4) is 0 Å². The van der Waals surface area contributed by atoms with Crippen LogP contribution in [0.5, 0.6) is 0 Å². The minimum absolute atomic E-state index is 0.587. The summed E-state index contributed by atoms with van der Waals surface area (Å²) < 4.78 is 5.31. The summed E-state index contributed by atoms with van der Waals surface area (Å²) >= 11 is 5.42. The van der Waals surface area contributed by atoms with Gasteiger partial charge in [-0.05, 0) is 22.4 Å². The van der Waals surface area contributed by atoms with Gasteiger partial charge in [0.15, 0.2) is 0 Å². The molecule has 1 heterocycles. The standard InChI is InChI=1S/C16H17NO2S/c18-15(16(20)17-7-9-19-10-8-17)14-6-5-12-3-1-2-4-13(12)11-14/h1-6,11,15,18H,7-10H2. The van der Waals surface area contributed by atoms with E-state index in [1.165, 1.54) is 5.39 Å². The Morgan fingerprint density at radius 2 is 1.80 bits per heavy atom. The number of aliphatic hydroxyl groups is 1. The first-order valence-electron chi connectivity index (χ1n) is 6.79. The minimum Gasteiger partial charge on any atom is -0.381 e. The fourth-order valence-corrected chi connectivity index (χ4v) is 2.80. The van der Waals surface area contributed by atoms with Gasteiger partial charge in [-0.3, -0.25) is 0 Å². The third-order valence-corrected chi connectivity index (χ3v) is 4.13. The molecule has 0 spiro atoms. The van der Waals surface area contributed by atoms with Crippen LogP contribution >= 0.6 is 12.2 Å². The lowest BCUT2D eigenvalue weighted by Gasteiger charge is -2.31. The average molecular weight is 287 g/mol. The lowest BCUT2D eigenvalue weighted by Crippen LogP contribution is -2.42. The molecule has 1 aliphatic heterocycles. The topological polar surface area (TPSA) is 32.7 Å². The van der Waals surface area contributed by atoms with Crippen LogP contribution < -0.4 is 0 Å². The Bertz CT molecular complexity index is 623. The average Bonchev–Trinajstić information content (AvgIpc) is 2.54. The van der Waals surface area contributed by atoms with Crippen LogP contribution in [0, 0.1) is 0 Å². The highest BCUT2D eigenvalue weighted by Crippen LogP contribution is 2.23. The van der Waals surface area contributed by atoms with E-state index in [2.05, 4.69) is 6.07 Å². The molecule has 4 heteroatoms. The first-order valence-corrected chi connectivity index (χ1v) is 7.20. The third kappa shape index (κ3) is 2.68. The van der Waals surface area contributed by atoms with Crippen LogP contribution in [0.2, 0.25) is 0 Å². The third-order valence-electron chi connectivity index (χ3n) is 3.65. The Morgan fingerprint density at radius 1 is 1.10 bits per heavy atom. The molecule has 3 nitrogen and oxygen atoms in total. The van der Waals surface area contributed by atoms with Gasteiger partial charge in [-0.1, -0.05) is 48.6 Å². The van der Waals surface area contributed by atoms with Crippen molar-refractivity contribution < 1.29 is 9.84 Å². The van der Waals surface area contributed by atoms with E-state index in [-0.39, 0.29) is 0 Å². The fourth-order valence-electron chi connectivity index (χ4n) is 2.48. The van der Waals surface area contributed by atoms with Gasteiger partial charge < -0.3 is 14.7 Å². The van der Waals surface area contributed by atoms with E-state index in [4.69, 9.17) is 17.0 Å². The molecule has 0 aromatic heterocycles. The van der Waals surface area contributed by atoms with Crippen LogP contribution in [0.1, 0.15) is 11.7 Å². The van der Waals surface area contributed by atoms with Gasteiger partial charge >= 0.3 is 0 Å². The molecule has 1 saturated heterocycles. The molecule has 20 heavy (non-hydrogen) atoms. The number of aliphatic hydroxyl groups excluding tert-OH is 1. The highest BCUT2D eigenvalue weighted by Gasteiger charge is 2.21. The van der Waals surface area contributed by atoms with Crippen molar-refractivity contribution in [3.63, 3.8) is 0 Å². The molecule has 1 N–H and O–H groups in total. The van der Waals surface area contributed by atoms with Crippen LogP contribution in [0.15, 0.2) is 42.5 Å². The summed E-state index contributed by atoms with van der Waals surface area (Å²) in [4.78, 5) is 2.61. The first kappa shape index (κ1) is 13.5. The molecule has 0 amide bonds. The quantitative estimate of drug-likeness (QED) is 0.860. The second-order valence-electron chi connectivity index (χ2n) is 4.95. The summed E-state index contributed by atoms with van der Waals surface area (Å²) in [7, 11) is 0. The Hall–Kier alpha value is -1.49. The molecule has 0 aliphatic carbocycles. The molecule has 1 fully saturated rings. The highest BCUT2D eigenvalue weighted by molar-refractivity contribution is 7.80. The molecule has 2 aromatic rings. The number of hydrogen-bond acceptors (Lipinski definition) is 3. The number of nitrogens with zero attached hydrogens (tertiary/aromatic N) is 1. The monoisotopic (exact) mass is 287 g/mol. The SMILES string of the molecule is OC(C(=S)N1CCOCC1)c1ccc2ccccc2c1. The molecule has 3 rings (SSSR count). The molecule has 2 aromatic carbocycles. The van der Waals surface area contributed by atoms with Crippen LogP contribution in [-0.2, 0) is 4.74 Å². The summed E-state index contributed by atoms with van der Waals surface area (Å²) in [6, 6.07) is 14.1. The van der Waals surface area contributed by atoms with Gasteiger partial charge in [0.25, 0.3) is 0 Å². The van der Waals surface area contributed by atoms with Gasteiger partial charge in [0, 0.05) is 13.1 Å². The normalized spacial score (nSPS) is 17.1. The molecule has 0 radical (unpaired) electrons. The van der Waals surface area contributed by atoms with E-state index in [9.17, 15) is 5.11 Å². The summed E-state index contributed by atoms with van der Waals surface area (Å²) in [5.41, 5.74) is 0.847. The predicted octanol–water partition coefficient (Wildman–Crippen LogP) is 2.53. The van der Waals surface area contributed by atoms with E-state index >= 15 is 0 Å². The first-order chi connectivity index (χ1) is 9.75. The number of ether oxygens (including phenoxy) is 1. The number of morpholine rings is 1. The number of benzene rings is 2. The Morgan fingerprint density at radius 3 is 2.55 bits per heavy atom. The van der Waals surface area contributed by atoms with Gasteiger partial charge in [-0.25, -0.2) is 0 Å². The maximum absolute atomic E-state index is 10.5. The fraction of sp³-hybridized carbons (Fsp3) is 0.312. The zero-order valence-corrected chi connectivity index (χ0v) is 12.0. The van der Waals surface area contributed by atoms with Crippen molar-refractivity contribution in [3.05, 3.63) is 48.0 Å². The zero-order chi connectivity index (χ0) is 13.9. The van der Waals surface area contributed by atoms with Crippen molar-refractivity contribution in [2.75, 3.05) is 26.3 Å². The van der Waals surface area contributed by atoms with Gasteiger partial charge in [0.1, 0.15) is 11.1 Å². The summed E-state index contributed by atoms with van der Waals surface area (Å²) in [6.45, 7) is 2.85. The summed E-state index contributed by atoms with van der Waals surface area (Å²) in [5, 5.41) is 12.8. The van der Waals surface area contributed by atoms with E-state index < -0.39 is 6.10 Å². The smallest absolute Gasteiger partial charge is 0.129 e. The molecule has 0 saturated carbocycles. The number of hydrogen-bond donors (Lipinski definition) is 1. The molecule has 0 bridgehead atoms. The van der Waals surface area contributed by atoms with Crippen molar-refractivity contribution in [1.82, 2.24) is 4.90 Å². The van der Waals surface area contributed by atoms with Crippen molar-refractivity contribution >= 4 is 28.0 Å². The van der Waals surface area contributed by atoms with E-state index in [1.54, 1.807) is 0 Å². The lowest BCUT2D eigenvalue weighted by molar-refractivity contribution is 0.0638. The van der Waals surface area contributed by atoms with E-state index in [0.717, 1.165) is 24.0 Å². The molecule has 1 aliphatic rings. The number of thiocarbonyl (C=S) groups is 1. The van der Waals surface area contributed by atoms with Gasteiger partial charge in [-0.15, -0.1) is 0 Å². The summed E-state index contributed by atoms with van der Waals surface area (Å²) in [5.74, 6) is 0. The highest BCUT2D eigenvalue weighted by atomic mass is 32.1. The van der Waals surface area contributed by atoms with Gasteiger partial charge in [0.05, 0.1) is 13.2 Å². The second kappa shape index (κ2) is 5.87. The second-order valence-corrected chi connectivity index (χ2v) is 5.37. The number of fused-ring (bicyclic) bond motifs is 1.